The van der Waals surface area contributed by atoms with E-state index in [-0.39, 0.29) is 5.69 Å². The lowest BCUT2D eigenvalue weighted by Gasteiger charge is -2.41. The van der Waals surface area contributed by atoms with Crippen molar-refractivity contribution in [3.05, 3.63) is 34.2 Å². The van der Waals surface area contributed by atoms with E-state index in [1.165, 1.54) is 31.2 Å². The molecule has 20 heavy (non-hydrogen) atoms. The Labute approximate surface area is 127 Å². The number of H-pyrrole nitrogens is 2. The molecular weight excluding hydrogens is 316 g/mol. The first-order valence-corrected chi connectivity index (χ1v) is 8.25. The van der Waals surface area contributed by atoms with Crippen molar-refractivity contribution in [3.8, 4) is 0 Å². The van der Waals surface area contributed by atoms with E-state index < -0.39 is 0 Å². The highest BCUT2D eigenvalue weighted by Crippen LogP contribution is 2.50. The van der Waals surface area contributed by atoms with Gasteiger partial charge in [0.1, 0.15) is 0 Å². The summed E-state index contributed by atoms with van der Waals surface area (Å²) in [7, 11) is 0. The van der Waals surface area contributed by atoms with Crippen molar-refractivity contribution >= 4 is 27.0 Å². The van der Waals surface area contributed by atoms with Crippen LogP contribution in [0.2, 0.25) is 0 Å². The number of rotatable bonds is 2. The largest absolute Gasteiger partial charge is 0.323 e. The summed E-state index contributed by atoms with van der Waals surface area (Å²) in [5.41, 5.74) is 3.26. The quantitative estimate of drug-likeness (QED) is 0.779. The molecule has 1 aromatic heterocycles. The van der Waals surface area contributed by atoms with E-state index in [4.69, 9.17) is 0 Å². The maximum Gasteiger partial charge on any atom is 0.323 e. The van der Waals surface area contributed by atoms with Crippen molar-refractivity contribution in [3.63, 3.8) is 0 Å². The fraction of sp³-hybridized carbons (Fsp3) is 0.562. The molecule has 0 bridgehead atoms. The van der Waals surface area contributed by atoms with Crippen LogP contribution >= 0.6 is 15.9 Å². The Hall–Kier alpha value is -1.03. The highest BCUT2D eigenvalue weighted by molar-refractivity contribution is 9.09. The standard InChI is InChI=1S/C16H21BrN2O/c1-16(2)8-4-3-5-11(16)14(17)10-6-7-12-13(9-10)19-15(20)18-12/h6-7,9,11,14H,3-5,8H2,1-2H3,(H2,18,19,20). The summed E-state index contributed by atoms with van der Waals surface area (Å²) in [6, 6.07) is 6.21. The van der Waals surface area contributed by atoms with Crippen molar-refractivity contribution in [2.24, 2.45) is 11.3 Å². The second-order valence-electron chi connectivity index (χ2n) is 6.63. The third-order valence-corrected chi connectivity index (χ3v) is 5.97. The molecular formula is C16H21BrN2O. The molecule has 108 valence electrons. The Balaban J connectivity index is 1.94. The Morgan fingerprint density at radius 1 is 1.25 bits per heavy atom. The van der Waals surface area contributed by atoms with Crippen LogP contribution in [-0.4, -0.2) is 9.97 Å². The number of aromatic amines is 2. The first-order chi connectivity index (χ1) is 9.47. The number of hydrogen-bond acceptors (Lipinski definition) is 1. The summed E-state index contributed by atoms with van der Waals surface area (Å²) >= 11 is 3.91. The van der Waals surface area contributed by atoms with E-state index in [0.717, 1.165) is 11.0 Å². The average molecular weight is 337 g/mol. The fourth-order valence-corrected chi connectivity index (χ4v) is 4.78. The van der Waals surface area contributed by atoms with Gasteiger partial charge in [-0.1, -0.05) is 48.7 Å². The van der Waals surface area contributed by atoms with E-state index in [2.05, 4.69) is 51.9 Å². The maximum absolute atomic E-state index is 11.4. The van der Waals surface area contributed by atoms with Crippen molar-refractivity contribution in [2.45, 2.75) is 44.4 Å². The van der Waals surface area contributed by atoms with Gasteiger partial charge in [0.15, 0.2) is 0 Å². The average Bonchev–Trinajstić information content (AvgIpc) is 2.76. The summed E-state index contributed by atoms with van der Waals surface area (Å²) < 4.78 is 0. The van der Waals surface area contributed by atoms with Crippen LogP contribution in [-0.2, 0) is 0 Å². The van der Waals surface area contributed by atoms with Crippen LogP contribution in [0.4, 0.5) is 0 Å². The van der Waals surface area contributed by atoms with E-state index in [1.54, 1.807) is 0 Å². The molecule has 1 heterocycles. The number of halogens is 1. The molecule has 4 heteroatoms. The lowest BCUT2D eigenvalue weighted by Crippen LogP contribution is -2.30. The third-order valence-electron chi connectivity index (χ3n) is 4.80. The first-order valence-electron chi connectivity index (χ1n) is 7.33. The second-order valence-corrected chi connectivity index (χ2v) is 7.61. The molecule has 3 nitrogen and oxygen atoms in total. The minimum atomic E-state index is -0.138. The Morgan fingerprint density at radius 2 is 2.00 bits per heavy atom. The lowest BCUT2D eigenvalue weighted by atomic mass is 9.67. The van der Waals surface area contributed by atoms with E-state index in [9.17, 15) is 4.79 Å². The zero-order valence-electron chi connectivity index (χ0n) is 12.0. The molecule has 0 radical (unpaired) electrons. The van der Waals surface area contributed by atoms with Crippen molar-refractivity contribution in [2.75, 3.05) is 0 Å². The summed E-state index contributed by atoms with van der Waals surface area (Å²) in [6.45, 7) is 4.75. The number of fused-ring (bicyclic) bond motifs is 1. The van der Waals surface area contributed by atoms with Gasteiger partial charge in [-0.05, 0) is 41.9 Å². The van der Waals surface area contributed by atoms with Crippen LogP contribution in [0, 0.1) is 11.3 Å². The SMILES string of the molecule is CC1(C)CCCCC1C(Br)c1ccc2[nH]c(=O)[nH]c2c1. The molecule has 1 aromatic carbocycles. The summed E-state index contributed by atoms with van der Waals surface area (Å²) in [5, 5.41) is 0. The van der Waals surface area contributed by atoms with Gasteiger partial charge in [-0.15, -0.1) is 0 Å². The van der Waals surface area contributed by atoms with Crippen LogP contribution in [0.3, 0.4) is 0 Å². The maximum atomic E-state index is 11.4. The number of alkyl halides is 1. The van der Waals surface area contributed by atoms with Crippen LogP contribution in [0.5, 0.6) is 0 Å². The van der Waals surface area contributed by atoms with Crippen molar-refractivity contribution in [1.82, 2.24) is 9.97 Å². The first kappa shape index (κ1) is 13.9. The molecule has 0 aliphatic heterocycles. The van der Waals surface area contributed by atoms with Gasteiger partial charge in [-0.2, -0.15) is 0 Å². The third kappa shape index (κ3) is 2.46. The minimum Gasteiger partial charge on any atom is -0.306 e. The Morgan fingerprint density at radius 3 is 2.75 bits per heavy atom. The molecule has 1 aliphatic rings. The molecule has 0 spiro atoms. The topological polar surface area (TPSA) is 48.6 Å². The molecule has 1 saturated carbocycles. The van der Waals surface area contributed by atoms with Gasteiger partial charge in [0.25, 0.3) is 0 Å². The van der Waals surface area contributed by atoms with Gasteiger partial charge in [0.05, 0.1) is 11.0 Å². The van der Waals surface area contributed by atoms with Crippen LogP contribution in [0.25, 0.3) is 11.0 Å². The molecule has 0 amide bonds. The number of imidazole rings is 1. The molecule has 1 fully saturated rings. The van der Waals surface area contributed by atoms with Gasteiger partial charge in [-0.3, -0.25) is 0 Å². The van der Waals surface area contributed by atoms with Gasteiger partial charge in [0, 0.05) is 4.83 Å². The second kappa shape index (κ2) is 5.06. The van der Waals surface area contributed by atoms with E-state index in [1.807, 2.05) is 6.07 Å². The highest BCUT2D eigenvalue weighted by Gasteiger charge is 2.37. The predicted molar refractivity (Wildman–Crippen MR) is 86.3 cm³/mol. The monoisotopic (exact) mass is 336 g/mol. The van der Waals surface area contributed by atoms with Gasteiger partial charge in [-0.25, -0.2) is 4.79 Å². The Kier molecular flexibility index (Phi) is 3.53. The van der Waals surface area contributed by atoms with Crippen LogP contribution in [0.1, 0.15) is 49.9 Å². The lowest BCUT2D eigenvalue weighted by molar-refractivity contribution is 0.136. The summed E-state index contributed by atoms with van der Waals surface area (Å²) in [6.07, 6.45) is 5.22. The molecule has 2 atom stereocenters. The van der Waals surface area contributed by atoms with Gasteiger partial charge >= 0.3 is 5.69 Å². The number of nitrogens with one attached hydrogen (secondary N) is 2. The smallest absolute Gasteiger partial charge is 0.306 e. The van der Waals surface area contributed by atoms with Gasteiger partial charge in [0.2, 0.25) is 0 Å². The normalized spacial score (nSPS) is 23.9. The van der Waals surface area contributed by atoms with Crippen molar-refractivity contribution in [1.29, 1.82) is 0 Å². The molecule has 1 aliphatic carbocycles. The number of hydrogen-bond donors (Lipinski definition) is 2. The molecule has 2 unspecified atom stereocenters. The summed E-state index contributed by atoms with van der Waals surface area (Å²) in [5.74, 6) is 0.638. The van der Waals surface area contributed by atoms with Crippen LogP contribution < -0.4 is 5.69 Å². The van der Waals surface area contributed by atoms with E-state index in [0.29, 0.717) is 16.2 Å². The molecule has 3 rings (SSSR count). The highest BCUT2D eigenvalue weighted by atomic mass is 79.9. The van der Waals surface area contributed by atoms with Crippen molar-refractivity contribution < 1.29 is 0 Å². The number of aromatic nitrogens is 2. The zero-order valence-corrected chi connectivity index (χ0v) is 13.6. The molecule has 0 saturated heterocycles. The zero-order chi connectivity index (χ0) is 14.3. The predicted octanol–water partition coefficient (Wildman–Crippen LogP) is 4.51. The van der Waals surface area contributed by atoms with Gasteiger partial charge < -0.3 is 9.97 Å². The minimum absolute atomic E-state index is 0.138. The van der Waals surface area contributed by atoms with E-state index >= 15 is 0 Å². The number of benzene rings is 1. The summed E-state index contributed by atoms with van der Waals surface area (Å²) in [4.78, 5) is 17.3. The fourth-order valence-electron chi connectivity index (χ4n) is 3.52. The molecule has 2 N–H and O–H groups in total. The van der Waals surface area contributed by atoms with Crippen LogP contribution in [0.15, 0.2) is 23.0 Å². The Bertz CT molecular complexity index is 670. The molecule has 2 aromatic rings.